The molecule has 0 unspecified atom stereocenters. The normalized spacial score (nSPS) is 10.5. The standard InChI is InChI=1S/C16H14FN3/c1-12-7-8-14(17)15(11-12)20-10-9-18-16(20)19-13-5-3-2-4-6-13/h2-11H,1H3,(H,18,19). The molecule has 3 rings (SSSR count). The number of anilines is 2. The molecule has 4 heteroatoms. The first-order valence-electron chi connectivity index (χ1n) is 6.36. The Bertz CT molecular complexity index is 720. The molecule has 0 radical (unpaired) electrons. The van der Waals surface area contributed by atoms with E-state index in [-0.39, 0.29) is 5.82 Å². The van der Waals surface area contributed by atoms with Gasteiger partial charge in [0.1, 0.15) is 5.82 Å². The molecular weight excluding hydrogens is 253 g/mol. The minimum absolute atomic E-state index is 0.273. The predicted octanol–water partition coefficient (Wildman–Crippen LogP) is 4.06. The van der Waals surface area contributed by atoms with E-state index in [1.807, 2.05) is 37.3 Å². The molecular formula is C16H14FN3. The molecule has 2 aromatic carbocycles. The molecule has 0 bridgehead atoms. The Kier molecular flexibility index (Phi) is 3.21. The number of hydrogen-bond acceptors (Lipinski definition) is 2. The number of aromatic nitrogens is 2. The van der Waals surface area contributed by atoms with E-state index in [9.17, 15) is 4.39 Å². The SMILES string of the molecule is Cc1ccc(F)c(-n2ccnc2Nc2ccccc2)c1. The highest BCUT2D eigenvalue weighted by atomic mass is 19.1. The number of aryl methyl sites for hydroxylation is 1. The van der Waals surface area contributed by atoms with Gasteiger partial charge in [-0.2, -0.15) is 0 Å². The molecule has 0 amide bonds. The number of rotatable bonds is 3. The Morgan fingerprint density at radius 2 is 1.90 bits per heavy atom. The van der Waals surface area contributed by atoms with Crippen molar-refractivity contribution in [3.63, 3.8) is 0 Å². The summed E-state index contributed by atoms with van der Waals surface area (Å²) in [6.07, 6.45) is 3.39. The summed E-state index contributed by atoms with van der Waals surface area (Å²) in [6.45, 7) is 1.93. The van der Waals surface area contributed by atoms with E-state index in [4.69, 9.17) is 0 Å². The highest BCUT2D eigenvalue weighted by Crippen LogP contribution is 2.21. The monoisotopic (exact) mass is 267 g/mol. The average Bonchev–Trinajstić information content (AvgIpc) is 2.91. The highest BCUT2D eigenvalue weighted by Gasteiger charge is 2.09. The van der Waals surface area contributed by atoms with Crippen LogP contribution in [0.25, 0.3) is 5.69 Å². The van der Waals surface area contributed by atoms with Gasteiger partial charge in [-0.05, 0) is 36.8 Å². The summed E-state index contributed by atoms with van der Waals surface area (Å²) in [5.41, 5.74) is 2.40. The van der Waals surface area contributed by atoms with Gasteiger partial charge in [-0.3, -0.25) is 4.57 Å². The molecule has 0 fully saturated rings. The van der Waals surface area contributed by atoms with Gasteiger partial charge in [-0.1, -0.05) is 24.3 Å². The van der Waals surface area contributed by atoms with Gasteiger partial charge in [0.15, 0.2) is 0 Å². The van der Waals surface area contributed by atoms with Gasteiger partial charge in [-0.15, -0.1) is 0 Å². The van der Waals surface area contributed by atoms with Crippen LogP contribution in [0, 0.1) is 12.7 Å². The van der Waals surface area contributed by atoms with Crippen molar-refractivity contribution in [1.29, 1.82) is 0 Å². The largest absolute Gasteiger partial charge is 0.325 e. The molecule has 0 spiro atoms. The summed E-state index contributed by atoms with van der Waals surface area (Å²) in [5.74, 6) is 0.311. The van der Waals surface area contributed by atoms with Crippen molar-refractivity contribution in [1.82, 2.24) is 9.55 Å². The Morgan fingerprint density at radius 3 is 2.70 bits per heavy atom. The molecule has 3 nitrogen and oxygen atoms in total. The molecule has 0 atom stereocenters. The second-order valence-electron chi connectivity index (χ2n) is 4.57. The first-order valence-corrected chi connectivity index (χ1v) is 6.36. The van der Waals surface area contributed by atoms with Crippen LogP contribution in [0.4, 0.5) is 16.0 Å². The lowest BCUT2D eigenvalue weighted by Gasteiger charge is -2.11. The second kappa shape index (κ2) is 5.17. The molecule has 0 aliphatic rings. The van der Waals surface area contributed by atoms with E-state index in [1.165, 1.54) is 6.07 Å². The maximum atomic E-state index is 14.0. The molecule has 0 saturated heterocycles. The van der Waals surface area contributed by atoms with Gasteiger partial charge < -0.3 is 5.32 Å². The maximum Gasteiger partial charge on any atom is 0.212 e. The van der Waals surface area contributed by atoms with Gasteiger partial charge in [-0.25, -0.2) is 9.37 Å². The van der Waals surface area contributed by atoms with Gasteiger partial charge in [0.2, 0.25) is 5.95 Å². The summed E-state index contributed by atoms with van der Waals surface area (Å²) in [5, 5.41) is 3.18. The molecule has 0 aliphatic heterocycles. The van der Waals surface area contributed by atoms with Crippen molar-refractivity contribution in [2.24, 2.45) is 0 Å². The zero-order valence-corrected chi connectivity index (χ0v) is 11.0. The lowest BCUT2D eigenvalue weighted by molar-refractivity contribution is 0.618. The van der Waals surface area contributed by atoms with Crippen LogP contribution in [0.1, 0.15) is 5.56 Å². The van der Waals surface area contributed by atoms with Crippen LogP contribution >= 0.6 is 0 Å². The minimum atomic E-state index is -0.273. The first kappa shape index (κ1) is 12.4. The summed E-state index contributed by atoms with van der Waals surface area (Å²) >= 11 is 0. The number of imidazole rings is 1. The van der Waals surface area contributed by atoms with E-state index in [0.29, 0.717) is 11.6 Å². The van der Waals surface area contributed by atoms with Gasteiger partial charge in [0.05, 0.1) is 5.69 Å². The molecule has 0 aliphatic carbocycles. The lowest BCUT2D eigenvalue weighted by Crippen LogP contribution is -2.03. The zero-order chi connectivity index (χ0) is 13.9. The smallest absolute Gasteiger partial charge is 0.212 e. The van der Waals surface area contributed by atoms with Crippen molar-refractivity contribution < 1.29 is 4.39 Å². The first-order chi connectivity index (χ1) is 9.74. The highest BCUT2D eigenvalue weighted by molar-refractivity contribution is 5.56. The molecule has 1 heterocycles. The molecule has 1 aromatic heterocycles. The average molecular weight is 267 g/mol. The van der Waals surface area contributed by atoms with Crippen LogP contribution in [0.2, 0.25) is 0 Å². The third-order valence-corrected chi connectivity index (χ3v) is 3.03. The van der Waals surface area contributed by atoms with Crippen molar-refractivity contribution >= 4 is 11.6 Å². The second-order valence-corrected chi connectivity index (χ2v) is 4.57. The fourth-order valence-corrected chi connectivity index (χ4v) is 2.05. The topological polar surface area (TPSA) is 29.9 Å². The fourth-order valence-electron chi connectivity index (χ4n) is 2.05. The Hall–Kier alpha value is -2.62. The number of para-hydroxylation sites is 1. The minimum Gasteiger partial charge on any atom is -0.325 e. The summed E-state index contributed by atoms with van der Waals surface area (Å²) in [7, 11) is 0. The lowest BCUT2D eigenvalue weighted by atomic mass is 10.2. The Balaban J connectivity index is 2.00. The number of halogens is 1. The van der Waals surface area contributed by atoms with E-state index in [1.54, 1.807) is 29.1 Å². The Morgan fingerprint density at radius 1 is 1.10 bits per heavy atom. The van der Waals surface area contributed by atoms with Crippen molar-refractivity contribution in [3.8, 4) is 5.69 Å². The fraction of sp³-hybridized carbons (Fsp3) is 0.0625. The molecule has 20 heavy (non-hydrogen) atoms. The van der Waals surface area contributed by atoms with E-state index >= 15 is 0 Å². The van der Waals surface area contributed by atoms with Crippen molar-refractivity contribution in [2.75, 3.05) is 5.32 Å². The van der Waals surface area contributed by atoms with Crippen LogP contribution in [-0.4, -0.2) is 9.55 Å². The number of hydrogen-bond donors (Lipinski definition) is 1. The van der Waals surface area contributed by atoms with Crippen LogP contribution in [0.15, 0.2) is 60.9 Å². The number of benzene rings is 2. The van der Waals surface area contributed by atoms with Gasteiger partial charge in [0, 0.05) is 18.1 Å². The van der Waals surface area contributed by atoms with Gasteiger partial charge in [0.25, 0.3) is 0 Å². The third kappa shape index (κ3) is 2.40. The molecule has 3 aromatic rings. The van der Waals surface area contributed by atoms with Crippen LogP contribution in [-0.2, 0) is 0 Å². The van der Waals surface area contributed by atoms with Crippen LogP contribution < -0.4 is 5.32 Å². The van der Waals surface area contributed by atoms with Crippen LogP contribution in [0.3, 0.4) is 0 Å². The van der Waals surface area contributed by atoms with E-state index < -0.39 is 0 Å². The Labute approximate surface area is 116 Å². The molecule has 100 valence electrons. The number of nitrogens with zero attached hydrogens (tertiary/aromatic N) is 2. The summed E-state index contributed by atoms with van der Waals surface area (Å²) < 4.78 is 15.7. The van der Waals surface area contributed by atoms with E-state index in [2.05, 4.69) is 10.3 Å². The van der Waals surface area contributed by atoms with Crippen LogP contribution in [0.5, 0.6) is 0 Å². The quantitative estimate of drug-likeness (QED) is 0.775. The maximum absolute atomic E-state index is 14.0. The molecule has 0 saturated carbocycles. The zero-order valence-electron chi connectivity index (χ0n) is 11.0. The van der Waals surface area contributed by atoms with E-state index in [0.717, 1.165) is 11.3 Å². The summed E-state index contributed by atoms with van der Waals surface area (Å²) in [6, 6.07) is 14.7. The van der Waals surface area contributed by atoms with Gasteiger partial charge >= 0.3 is 0 Å². The third-order valence-electron chi connectivity index (χ3n) is 3.03. The molecule has 1 N–H and O–H groups in total. The van der Waals surface area contributed by atoms with Crippen molar-refractivity contribution in [2.45, 2.75) is 6.92 Å². The van der Waals surface area contributed by atoms with Crippen molar-refractivity contribution in [3.05, 3.63) is 72.3 Å². The predicted molar refractivity (Wildman–Crippen MR) is 78.0 cm³/mol. The number of nitrogens with one attached hydrogen (secondary N) is 1. The summed E-state index contributed by atoms with van der Waals surface area (Å²) in [4.78, 5) is 4.24.